The van der Waals surface area contributed by atoms with Gasteiger partial charge >= 0.3 is 5.97 Å². The fraction of sp³-hybridized carbons (Fsp3) is 0.333. The maximum Gasteiger partial charge on any atom is 0.344 e. The Morgan fingerprint density at radius 3 is 2.74 bits per heavy atom. The van der Waals surface area contributed by atoms with Gasteiger partial charge in [-0.15, -0.1) is 0 Å². The molecule has 8 nitrogen and oxygen atoms in total. The maximum atomic E-state index is 13.2. The van der Waals surface area contributed by atoms with Crippen LogP contribution in [0.1, 0.15) is 38.6 Å². The van der Waals surface area contributed by atoms with E-state index in [0.717, 1.165) is 10.9 Å². The van der Waals surface area contributed by atoms with Crippen molar-refractivity contribution in [3.05, 3.63) is 61.6 Å². The first-order valence-electron chi connectivity index (χ1n) is 10.7. The van der Waals surface area contributed by atoms with E-state index in [2.05, 4.69) is 26.0 Å². The average molecular weight is 551 g/mol. The number of carbonyl (C=O) groups is 1. The van der Waals surface area contributed by atoms with Crippen LogP contribution in [0.4, 0.5) is 0 Å². The van der Waals surface area contributed by atoms with E-state index in [0.29, 0.717) is 39.5 Å². The van der Waals surface area contributed by atoms with Crippen LogP contribution in [-0.4, -0.2) is 41.7 Å². The summed E-state index contributed by atoms with van der Waals surface area (Å²) < 4.78 is 18.2. The molecule has 0 N–H and O–H groups in total. The molecule has 0 saturated carbocycles. The lowest BCUT2D eigenvalue weighted by molar-refractivity contribution is -0.149. The summed E-state index contributed by atoms with van der Waals surface area (Å²) in [5, 5.41) is 5.22. The number of hydrogen-bond donors (Lipinski definition) is 0. The van der Waals surface area contributed by atoms with Gasteiger partial charge in [0.1, 0.15) is 5.82 Å². The number of carbonyl (C=O) groups excluding carboxylic acids is 1. The van der Waals surface area contributed by atoms with Gasteiger partial charge in [0.25, 0.3) is 5.56 Å². The Labute approximate surface area is 210 Å². The summed E-state index contributed by atoms with van der Waals surface area (Å²) >= 11 is 9.64. The average Bonchev–Trinajstić information content (AvgIpc) is 2.78. The van der Waals surface area contributed by atoms with Gasteiger partial charge in [-0.3, -0.25) is 4.79 Å². The van der Waals surface area contributed by atoms with Crippen LogP contribution in [0.5, 0.6) is 11.5 Å². The Bertz CT molecular complexity index is 1290. The Hall–Kier alpha value is -2.91. The third-order valence-corrected chi connectivity index (χ3v) is 5.34. The molecule has 180 valence electrons. The van der Waals surface area contributed by atoms with E-state index in [9.17, 15) is 9.59 Å². The predicted octanol–water partition coefficient (Wildman–Crippen LogP) is 4.99. The lowest BCUT2D eigenvalue weighted by atomic mass is 10.2. The van der Waals surface area contributed by atoms with Crippen LogP contribution < -0.4 is 15.0 Å². The number of nitrogens with zero attached hydrogens (tertiary/aromatic N) is 3. The van der Waals surface area contributed by atoms with Crippen molar-refractivity contribution in [2.24, 2.45) is 5.10 Å². The first-order chi connectivity index (χ1) is 16.2. The van der Waals surface area contributed by atoms with E-state index >= 15 is 0 Å². The maximum absolute atomic E-state index is 13.2. The summed E-state index contributed by atoms with van der Waals surface area (Å²) in [5.74, 6) is 0.558. The first kappa shape index (κ1) is 25.7. The molecule has 10 heteroatoms. The topological polar surface area (TPSA) is 92.0 Å². The molecule has 0 saturated heterocycles. The van der Waals surface area contributed by atoms with Gasteiger partial charge in [0.05, 0.1) is 30.3 Å². The van der Waals surface area contributed by atoms with Crippen LogP contribution in [0.2, 0.25) is 5.02 Å². The molecule has 34 heavy (non-hydrogen) atoms. The van der Waals surface area contributed by atoms with Crippen molar-refractivity contribution in [3.63, 3.8) is 0 Å². The van der Waals surface area contributed by atoms with E-state index in [1.807, 2.05) is 13.0 Å². The fourth-order valence-electron chi connectivity index (χ4n) is 3.24. The number of fused-ring (bicyclic) bond motifs is 1. The van der Waals surface area contributed by atoms with Crippen LogP contribution in [0.25, 0.3) is 10.9 Å². The minimum atomic E-state index is -0.527. The van der Waals surface area contributed by atoms with Crippen LogP contribution in [0.3, 0.4) is 0 Å². The minimum absolute atomic E-state index is 0.248. The van der Waals surface area contributed by atoms with Gasteiger partial charge in [0, 0.05) is 27.5 Å². The molecule has 0 amide bonds. The number of hydrogen-bond acceptors (Lipinski definition) is 7. The van der Waals surface area contributed by atoms with E-state index < -0.39 is 5.97 Å². The molecule has 3 aromatic rings. The zero-order chi connectivity index (χ0) is 24.8. The molecule has 0 aliphatic rings. The molecule has 0 atom stereocenters. The van der Waals surface area contributed by atoms with Crippen molar-refractivity contribution in [3.8, 4) is 11.5 Å². The molecule has 0 aliphatic heterocycles. The van der Waals surface area contributed by atoms with E-state index in [4.69, 9.17) is 25.8 Å². The second-order valence-electron chi connectivity index (χ2n) is 7.65. The van der Waals surface area contributed by atoms with Crippen LogP contribution in [0, 0.1) is 0 Å². The molecule has 1 aromatic heterocycles. The largest absolute Gasteiger partial charge is 0.493 e. The van der Waals surface area contributed by atoms with Crippen molar-refractivity contribution < 1.29 is 19.0 Å². The predicted molar refractivity (Wildman–Crippen MR) is 135 cm³/mol. The Morgan fingerprint density at radius 2 is 2.06 bits per heavy atom. The molecule has 0 fully saturated rings. The number of aromatic nitrogens is 2. The third-order valence-electron chi connectivity index (χ3n) is 4.63. The van der Waals surface area contributed by atoms with Crippen molar-refractivity contribution >= 4 is 50.6 Å². The van der Waals surface area contributed by atoms with Gasteiger partial charge in [-0.2, -0.15) is 9.78 Å². The quantitative estimate of drug-likeness (QED) is 0.275. The van der Waals surface area contributed by atoms with Gasteiger partial charge in [0.2, 0.25) is 0 Å². The Kier molecular flexibility index (Phi) is 8.68. The zero-order valence-corrected chi connectivity index (χ0v) is 21.6. The summed E-state index contributed by atoms with van der Waals surface area (Å²) in [7, 11) is 1.46. The smallest absolute Gasteiger partial charge is 0.344 e. The monoisotopic (exact) mass is 549 g/mol. The molecule has 0 radical (unpaired) electrons. The van der Waals surface area contributed by atoms with Gasteiger partial charge in [-0.1, -0.05) is 34.5 Å². The molecular formula is C24H25BrClN3O5. The van der Waals surface area contributed by atoms with Crippen molar-refractivity contribution in [2.45, 2.75) is 39.7 Å². The van der Waals surface area contributed by atoms with Crippen LogP contribution >= 0.6 is 27.5 Å². The second kappa shape index (κ2) is 11.5. The molecule has 0 unspecified atom stereocenters. The lowest BCUT2D eigenvalue weighted by Gasteiger charge is -2.14. The second-order valence-corrected chi connectivity index (χ2v) is 9.01. The fourth-order valence-corrected chi connectivity index (χ4v) is 3.82. The molecule has 2 aromatic carbocycles. The highest BCUT2D eigenvalue weighted by Crippen LogP contribution is 2.34. The molecule has 0 aliphatic carbocycles. The molecule has 0 spiro atoms. The Morgan fingerprint density at radius 1 is 1.29 bits per heavy atom. The Balaban J connectivity index is 2.07. The summed E-state index contributed by atoms with van der Waals surface area (Å²) in [6.45, 7) is 5.17. The number of benzene rings is 2. The minimum Gasteiger partial charge on any atom is -0.493 e. The van der Waals surface area contributed by atoms with Gasteiger partial charge in [0.15, 0.2) is 18.1 Å². The van der Waals surface area contributed by atoms with Gasteiger partial charge < -0.3 is 14.2 Å². The number of rotatable bonds is 9. The number of ether oxygens (including phenoxy) is 3. The lowest BCUT2D eigenvalue weighted by Crippen LogP contribution is -2.22. The zero-order valence-electron chi connectivity index (χ0n) is 19.3. The van der Waals surface area contributed by atoms with Crippen LogP contribution in [0.15, 0.2) is 44.7 Å². The standard InChI is InChI=1S/C24H25BrClN3O5/c1-5-6-21-28-19-8-7-16(25)10-18(19)24(31)29(21)27-12-15-9-17(26)11-20(32-4)23(15)33-13-22(30)34-14(2)3/h7-12,14H,5-6,13H2,1-4H3. The van der Waals surface area contributed by atoms with E-state index in [-0.39, 0.29) is 24.0 Å². The highest BCUT2D eigenvalue weighted by Gasteiger charge is 2.16. The van der Waals surface area contributed by atoms with Crippen LogP contribution in [-0.2, 0) is 16.0 Å². The molecule has 1 heterocycles. The SMILES string of the molecule is CCCc1nc2ccc(Br)cc2c(=O)n1N=Cc1cc(Cl)cc(OC)c1OCC(=O)OC(C)C. The van der Waals surface area contributed by atoms with Gasteiger partial charge in [-0.25, -0.2) is 9.78 Å². The summed E-state index contributed by atoms with van der Waals surface area (Å²) in [5.41, 5.74) is 0.716. The first-order valence-corrected chi connectivity index (χ1v) is 11.9. The van der Waals surface area contributed by atoms with Crippen molar-refractivity contribution in [1.29, 1.82) is 0 Å². The van der Waals surface area contributed by atoms with E-state index in [1.165, 1.54) is 18.0 Å². The van der Waals surface area contributed by atoms with Crippen molar-refractivity contribution in [2.75, 3.05) is 13.7 Å². The highest BCUT2D eigenvalue weighted by molar-refractivity contribution is 9.10. The summed E-state index contributed by atoms with van der Waals surface area (Å²) in [6.07, 6.45) is 2.50. The van der Waals surface area contributed by atoms with E-state index in [1.54, 1.807) is 38.1 Å². The molecule has 0 bridgehead atoms. The summed E-state index contributed by atoms with van der Waals surface area (Å²) in [6, 6.07) is 8.50. The highest BCUT2D eigenvalue weighted by atomic mass is 79.9. The number of methoxy groups -OCH3 is 1. The number of esters is 1. The number of aryl methyl sites for hydroxylation is 1. The molecular weight excluding hydrogens is 526 g/mol. The summed E-state index contributed by atoms with van der Waals surface area (Å²) in [4.78, 5) is 29.9. The number of halogens is 2. The third kappa shape index (κ3) is 6.15. The normalized spacial score (nSPS) is 11.4. The van der Waals surface area contributed by atoms with Gasteiger partial charge in [-0.05, 0) is 44.5 Å². The molecule has 3 rings (SSSR count). The van der Waals surface area contributed by atoms with Crippen molar-refractivity contribution in [1.82, 2.24) is 9.66 Å².